The lowest BCUT2D eigenvalue weighted by atomic mass is 9.87. The zero-order valence-electron chi connectivity index (χ0n) is 31.6. The van der Waals surface area contributed by atoms with Crippen molar-refractivity contribution in [2.24, 2.45) is 11.7 Å². The van der Waals surface area contributed by atoms with E-state index in [-0.39, 0.29) is 24.5 Å². The van der Waals surface area contributed by atoms with Crippen molar-refractivity contribution >= 4 is 23.7 Å². The number of ether oxygens (including phenoxy) is 6. The number of primary amides is 1. The lowest BCUT2D eigenvalue weighted by Crippen LogP contribution is -2.43. The molecular weight excluding hydrogens is 696 g/mol. The van der Waals surface area contributed by atoms with Crippen LogP contribution >= 0.6 is 0 Å². The van der Waals surface area contributed by atoms with Crippen molar-refractivity contribution in [3.05, 3.63) is 60.2 Å². The van der Waals surface area contributed by atoms with E-state index in [1.807, 2.05) is 85.0 Å². The number of alkyl carbamates (subject to hydrolysis) is 1. The van der Waals surface area contributed by atoms with Crippen LogP contribution in [0, 0.1) is 5.92 Å². The summed E-state index contributed by atoms with van der Waals surface area (Å²) in [5, 5.41) is 10.9. The van der Waals surface area contributed by atoms with Crippen LogP contribution in [0.3, 0.4) is 0 Å². The van der Waals surface area contributed by atoms with Crippen LogP contribution in [-0.2, 0) is 28.5 Å². The summed E-state index contributed by atoms with van der Waals surface area (Å²) in [4.78, 5) is 39.1. The molecule has 1 fully saturated rings. The van der Waals surface area contributed by atoms with E-state index < -0.39 is 17.6 Å². The maximum Gasteiger partial charge on any atom is 0.407 e. The molecular formula is C39H54N6O9. The van der Waals surface area contributed by atoms with Gasteiger partial charge in [-0.15, -0.1) is 0 Å². The topological polar surface area (TPSA) is 178 Å². The van der Waals surface area contributed by atoms with Crippen LogP contribution in [0.2, 0.25) is 0 Å². The summed E-state index contributed by atoms with van der Waals surface area (Å²) in [6.07, 6.45) is 2.02. The van der Waals surface area contributed by atoms with Gasteiger partial charge >= 0.3 is 6.09 Å². The minimum atomic E-state index is -0.534. The van der Waals surface area contributed by atoms with Gasteiger partial charge in [-0.3, -0.25) is 9.59 Å². The second-order valence-electron chi connectivity index (χ2n) is 14.1. The number of likely N-dealkylation sites (tertiary alicyclic amines) is 1. The molecule has 0 spiro atoms. The number of rotatable bonds is 19. The highest BCUT2D eigenvalue weighted by Gasteiger charge is 2.36. The summed E-state index contributed by atoms with van der Waals surface area (Å²) in [5.41, 5.74) is 7.07. The zero-order chi connectivity index (χ0) is 38.3. The van der Waals surface area contributed by atoms with Crippen molar-refractivity contribution in [2.75, 3.05) is 84.4 Å². The van der Waals surface area contributed by atoms with Gasteiger partial charge in [0.25, 0.3) is 5.91 Å². The number of fused-ring (bicyclic) bond motifs is 1. The number of para-hydroxylation sites is 1. The summed E-state index contributed by atoms with van der Waals surface area (Å²) in [6, 6.07) is 17.1. The molecule has 1 saturated heterocycles. The largest absolute Gasteiger partial charge is 0.457 e. The lowest BCUT2D eigenvalue weighted by molar-refractivity contribution is -0.138. The molecule has 4 N–H and O–H groups in total. The molecule has 1 atom stereocenters. The second kappa shape index (κ2) is 20.1. The molecule has 0 radical (unpaired) electrons. The molecule has 0 saturated carbocycles. The fraction of sp³-hybridized carbons (Fsp3) is 0.538. The number of carbonyl (C=O) groups excluding carboxylic acids is 3. The summed E-state index contributed by atoms with van der Waals surface area (Å²) in [5.74, 6) is 1.77. The van der Waals surface area contributed by atoms with Gasteiger partial charge < -0.3 is 49.7 Å². The van der Waals surface area contributed by atoms with Gasteiger partial charge in [-0.05, 0) is 82.3 Å². The molecule has 15 nitrogen and oxygen atoms in total. The Hall–Kier alpha value is -4.70. The van der Waals surface area contributed by atoms with E-state index >= 15 is 0 Å². The van der Waals surface area contributed by atoms with Gasteiger partial charge in [0.2, 0.25) is 5.91 Å². The molecule has 3 amide bonds. The number of hydrogen-bond donors (Lipinski definition) is 3. The number of hydrogen-bond acceptors (Lipinski definition) is 11. The number of carbonyl (C=O) groups is 3. The average molecular weight is 751 g/mol. The first-order valence-corrected chi connectivity index (χ1v) is 18.6. The van der Waals surface area contributed by atoms with E-state index in [9.17, 15) is 14.4 Å². The minimum Gasteiger partial charge on any atom is -0.457 e. The van der Waals surface area contributed by atoms with Crippen LogP contribution in [0.25, 0.3) is 11.3 Å². The normalized spacial score (nSPS) is 16.0. The number of aromatic nitrogens is 2. The third-order valence-electron chi connectivity index (χ3n) is 9.00. The summed E-state index contributed by atoms with van der Waals surface area (Å²) >= 11 is 0. The first kappa shape index (κ1) is 40.5. The Morgan fingerprint density at radius 1 is 0.833 bits per heavy atom. The highest BCUT2D eigenvalue weighted by Crippen LogP contribution is 2.40. The van der Waals surface area contributed by atoms with Gasteiger partial charge in [-0.2, -0.15) is 5.10 Å². The highest BCUT2D eigenvalue weighted by atomic mass is 16.6. The van der Waals surface area contributed by atoms with Crippen LogP contribution < -0.4 is 21.1 Å². The van der Waals surface area contributed by atoms with E-state index in [4.69, 9.17) is 39.3 Å². The van der Waals surface area contributed by atoms with Crippen LogP contribution in [0.15, 0.2) is 54.6 Å². The van der Waals surface area contributed by atoms with Gasteiger partial charge in [0.15, 0.2) is 0 Å². The Morgan fingerprint density at radius 2 is 1.44 bits per heavy atom. The minimum absolute atomic E-state index is 0.00180. The number of benzene rings is 2. The quantitative estimate of drug-likeness (QED) is 0.146. The third-order valence-corrected chi connectivity index (χ3v) is 9.00. The Morgan fingerprint density at radius 3 is 2.07 bits per heavy atom. The van der Waals surface area contributed by atoms with Crippen molar-refractivity contribution in [1.82, 2.24) is 20.0 Å². The van der Waals surface area contributed by atoms with Crippen molar-refractivity contribution in [2.45, 2.75) is 51.7 Å². The second-order valence-corrected chi connectivity index (χ2v) is 14.1. The fourth-order valence-corrected chi connectivity index (χ4v) is 6.46. The summed E-state index contributed by atoms with van der Waals surface area (Å²) in [7, 11) is 0. The molecule has 2 aromatic carbocycles. The van der Waals surface area contributed by atoms with Crippen LogP contribution in [0.4, 0.5) is 10.6 Å². The van der Waals surface area contributed by atoms with Crippen molar-refractivity contribution in [3.63, 3.8) is 0 Å². The fourth-order valence-electron chi connectivity index (χ4n) is 6.46. The Bertz CT molecular complexity index is 1640. The van der Waals surface area contributed by atoms with E-state index in [1.165, 1.54) is 0 Å². The summed E-state index contributed by atoms with van der Waals surface area (Å²) < 4.78 is 35.1. The standard InChI is InChI=1S/C39H54N6O9/c1-39(2,3)54-38(48)42-17-20-49-21-22-50-23-24-51-25-26-52-27-33(46)44-18-14-28(15-19-44)32-13-16-41-37-34(36(40)47)35(43-45(32)37)29-9-11-31(12-10-29)53-30-7-5-4-6-8-30/h4-12,28,32,41H,13-27H2,1-3H3,(H2,40,47)(H,42,48)/t32-/m0/s1. The number of nitrogens with zero attached hydrogens (tertiary/aromatic N) is 3. The maximum atomic E-state index is 12.9. The molecule has 54 heavy (non-hydrogen) atoms. The predicted octanol–water partition coefficient (Wildman–Crippen LogP) is 4.63. The molecule has 0 bridgehead atoms. The smallest absolute Gasteiger partial charge is 0.407 e. The van der Waals surface area contributed by atoms with Crippen LogP contribution in [-0.4, -0.2) is 117 Å². The number of nitrogens with two attached hydrogens (primary N) is 1. The molecule has 3 heterocycles. The van der Waals surface area contributed by atoms with E-state index in [1.54, 1.807) is 0 Å². The van der Waals surface area contributed by atoms with Crippen molar-refractivity contribution < 1.29 is 42.8 Å². The van der Waals surface area contributed by atoms with Crippen molar-refractivity contribution in [1.29, 1.82) is 0 Å². The van der Waals surface area contributed by atoms with Gasteiger partial charge in [0.05, 0.1) is 52.3 Å². The molecule has 2 aliphatic heterocycles. The SMILES string of the molecule is CC(C)(C)OC(=O)NCCOCCOCCOCCOCC(=O)N1CCC([C@@H]2CCNc3c(C(N)=O)c(-c4ccc(Oc5ccccc5)cc4)nn32)CC1. The Labute approximate surface area is 316 Å². The molecule has 294 valence electrons. The van der Waals surface area contributed by atoms with E-state index in [2.05, 4.69) is 10.6 Å². The lowest BCUT2D eigenvalue weighted by Gasteiger charge is -2.38. The van der Waals surface area contributed by atoms with Gasteiger partial charge in [0.1, 0.15) is 40.8 Å². The van der Waals surface area contributed by atoms with Crippen LogP contribution in [0.5, 0.6) is 11.5 Å². The van der Waals surface area contributed by atoms with E-state index in [0.29, 0.717) is 95.3 Å². The van der Waals surface area contributed by atoms with E-state index in [0.717, 1.165) is 30.6 Å². The molecule has 2 aliphatic rings. The van der Waals surface area contributed by atoms with Gasteiger partial charge in [0, 0.05) is 31.7 Å². The first-order valence-electron chi connectivity index (χ1n) is 18.6. The first-order chi connectivity index (χ1) is 26.1. The van der Waals surface area contributed by atoms with Gasteiger partial charge in [-0.25, -0.2) is 9.48 Å². The number of nitrogens with one attached hydrogen (secondary N) is 2. The highest BCUT2D eigenvalue weighted by molar-refractivity contribution is 6.03. The molecule has 1 aromatic heterocycles. The predicted molar refractivity (Wildman–Crippen MR) is 202 cm³/mol. The van der Waals surface area contributed by atoms with Crippen LogP contribution in [0.1, 0.15) is 56.4 Å². The molecule has 3 aromatic rings. The monoisotopic (exact) mass is 750 g/mol. The molecule has 15 heteroatoms. The molecule has 5 rings (SSSR count). The van der Waals surface area contributed by atoms with Gasteiger partial charge in [-0.1, -0.05) is 18.2 Å². The van der Waals surface area contributed by atoms with Crippen molar-refractivity contribution in [3.8, 4) is 22.8 Å². The molecule has 0 aliphatic carbocycles. The summed E-state index contributed by atoms with van der Waals surface area (Å²) in [6.45, 7) is 10.4. The zero-order valence-corrected chi connectivity index (χ0v) is 31.6. The average Bonchev–Trinajstić information content (AvgIpc) is 3.55. The maximum absolute atomic E-state index is 12.9. The third kappa shape index (κ3) is 12.2. The Balaban J connectivity index is 0.970. The Kier molecular flexibility index (Phi) is 15.1. The number of piperidine rings is 1. The number of anilines is 1. The number of amides is 3. The molecule has 0 unspecified atom stereocenters.